The second-order valence-corrected chi connectivity index (χ2v) is 17.5. The maximum Gasteiger partial charge on any atom is 0.472 e. The van der Waals surface area contributed by atoms with Crippen molar-refractivity contribution in [3.05, 3.63) is 72.9 Å². The van der Waals surface area contributed by atoms with Gasteiger partial charge in [-0.25, -0.2) is 4.57 Å². The maximum atomic E-state index is 12.7. The number of phosphoric acid groups is 1. The molecule has 6 atom stereocenters. The Kier molecular flexibility index (Phi) is 40.5. The molecule has 0 aromatic carbocycles. The van der Waals surface area contributed by atoms with Gasteiger partial charge in [0, 0.05) is 12.8 Å². The number of ether oxygens (including phenoxy) is 2. The Morgan fingerprint density at radius 1 is 0.629 bits per heavy atom. The van der Waals surface area contributed by atoms with Gasteiger partial charge in [0.25, 0.3) is 0 Å². The van der Waals surface area contributed by atoms with Crippen LogP contribution in [-0.2, 0) is 32.7 Å². The van der Waals surface area contributed by atoms with Crippen molar-refractivity contribution < 1.29 is 58.0 Å². The molecule has 0 fully saturated rings. The van der Waals surface area contributed by atoms with Crippen molar-refractivity contribution in [3.63, 3.8) is 0 Å². The lowest BCUT2D eigenvalue weighted by Crippen LogP contribution is -2.29. The zero-order chi connectivity index (χ0) is 45.9. The molecule has 0 amide bonds. The highest BCUT2D eigenvalue weighted by molar-refractivity contribution is 7.47. The molecule has 0 aromatic rings. The summed E-state index contributed by atoms with van der Waals surface area (Å²) in [7, 11) is -4.67. The Morgan fingerprint density at radius 2 is 1.19 bits per heavy atom. The number of esters is 2. The van der Waals surface area contributed by atoms with E-state index in [0.29, 0.717) is 32.1 Å². The Hall–Kier alpha value is -2.67. The zero-order valence-corrected chi connectivity index (χ0v) is 39.3. The second kappa shape index (κ2) is 42.3. The summed E-state index contributed by atoms with van der Waals surface area (Å²) in [5.74, 6) is -0.249. The molecule has 2 unspecified atom stereocenters. The van der Waals surface area contributed by atoms with Gasteiger partial charge in [-0.3, -0.25) is 18.6 Å². The van der Waals surface area contributed by atoms with Crippen molar-refractivity contribution in [2.24, 2.45) is 5.92 Å². The molecule has 0 saturated carbocycles. The van der Waals surface area contributed by atoms with Gasteiger partial charge in [-0.2, -0.15) is 0 Å². The molecule has 0 rings (SSSR count). The molecule has 0 heterocycles. The normalized spacial score (nSPS) is 15.9. The monoisotopic (exact) mass is 897 g/mol. The first-order chi connectivity index (χ1) is 29.9. The number of aliphatic hydroxyl groups is 4. The molecule has 0 bridgehead atoms. The van der Waals surface area contributed by atoms with Crippen LogP contribution in [0, 0.1) is 5.92 Å². The molecule has 13 heteroatoms. The van der Waals surface area contributed by atoms with Gasteiger partial charge in [-0.15, -0.1) is 0 Å². The minimum absolute atomic E-state index is 0.0531. The zero-order valence-electron chi connectivity index (χ0n) is 38.4. The third-order valence-corrected chi connectivity index (χ3v) is 11.0. The van der Waals surface area contributed by atoms with Gasteiger partial charge in [0.15, 0.2) is 6.10 Å². The van der Waals surface area contributed by atoms with Gasteiger partial charge < -0.3 is 34.8 Å². The number of phosphoric ester groups is 1. The van der Waals surface area contributed by atoms with Gasteiger partial charge in [0.2, 0.25) is 0 Å². The quantitative estimate of drug-likeness (QED) is 0.0128. The van der Waals surface area contributed by atoms with Crippen molar-refractivity contribution >= 4 is 19.8 Å². The minimum atomic E-state index is -4.67. The molecule has 0 aliphatic heterocycles. The highest BCUT2D eigenvalue weighted by Gasteiger charge is 2.27. The smallest absolute Gasteiger partial charge is 0.462 e. The van der Waals surface area contributed by atoms with Crippen LogP contribution in [0.25, 0.3) is 0 Å². The van der Waals surface area contributed by atoms with E-state index in [2.05, 4.69) is 18.4 Å². The van der Waals surface area contributed by atoms with E-state index < -0.39 is 70.6 Å². The van der Waals surface area contributed by atoms with Crippen LogP contribution in [-0.4, -0.2) is 88.1 Å². The fourth-order valence-electron chi connectivity index (χ4n) is 6.06. The van der Waals surface area contributed by atoms with Crippen LogP contribution in [0.4, 0.5) is 0 Å². The number of unbranched alkanes of at least 4 members (excludes halogenated alkanes) is 14. The second-order valence-electron chi connectivity index (χ2n) is 16.0. The van der Waals surface area contributed by atoms with Crippen molar-refractivity contribution in [1.29, 1.82) is 0 Å². The third-order valence-electron chi connectivity index (χ3n) is 10.1. The summed E-state index contributed by atoms with van der Waals surface area (Å²) in [6.45, 7) is 4.34. The summed E-state index contributed by atoms with van der Waals surface area (Å²) >= 11 is 0. The Labute approximate surface area is 374 Å². The number of aliphatic hydroxyl groups excluding tert-OH is 4. The topological polar surface area (TPSA) is 189 Å². The van der Waals surface area contributed by atoms with Gasteiger partial charge in [0.05, 0.1) is 32.0 Å². The van der Waals surface area contributed by atoms with Crippen molar-refractivity contribution in [1.82, 2.24) is 0 Å². The molecule has 0 saturated heterocycles. The van der Waals surface area contributed by atoms with Crippen LogP contribution in [0.3, 0.4) is 0 Å². The lowest BCUT2D eigenvalue weighted by Gasteiger charge is -2.20. The molecule has 62 heavy (non-hydrogen) atoms. The van der Waals surface area contributed by atoms with E-state index in [-0.39, 0.29) is 12.8 Å². The lowest BCUT2D eigenvalue weighted by atomic mass is 9.99. The van der Waals surface area contributed by atoms with Crippen LogP contribution < -0.4 is 0 Å². The average molecular weight is 897 g/mol. The standard InChI is InChI=1S/C49H85O12P/c1-4-6-25-33-44(51)34-27-21-17-15-18-22-28-35-45(52)36-29-24-31-37-48(54)58-41-47(42-60-62(56,57)59-40-46(53)39-50)61-49(55)38-30-23-19-14-12-10-8-7-9-11-13-16-20-26-32-43(3)5-2/h6,17-18,21-22,25,27-29,34-36,43-47,50-53H,4-5,7-16,19-20,23-24,26,30-33,37-42H2,1-3H3,(H,56,57)/b21-17-,22-18-,25-6-,34-27+,35-28+,36-29-/t43?,44-,45-,46+,47-/m1/s1. The first-order valence-electron chi connectivity index (χ1n) is 23.5. The van der Waals surface area contributed by atoms with Gasteiger partial charge in [0.1, 0.15) is 12.7 Å². The predicted molar refractivity (Wildman–Crippen MR) is 249 cm³/mol. The van der Waals surface area contributed by atoms with E-state index in [1.54, 1.807) is 30.4 Å². The highest BCUT2D eigenvalue weighted by atomic mass is 31.2. The lowest BCUT2D eigenvalue weighted by molar-refractivity contribution is -0.161. The minimum Gasteiger partial charge on any atom is -0.462 e. The van der Waals surface area contributed by atoms with Crippen LogP contribution in [0.5, 0.6) is 0 Å². The fourth-order valence-corrected chi connectivity index (χ4v) is 6.85. The van der Waals surface area contributed by atoms with E-state index in [9.17, 15) is 34.4 Å². The average Bonchev–Trinajstić information content (AvgIpc) is 3.25. The first kappa shape index (κ1) is 59.3. The Bertz CT molecular complexity index is 1310. The van der Waals surface area contributed by atoms with Gasteiger partial charge in [-0.05, 0) is 44.4 Å². The number of carbonyl (C=O) groups is 2. The molecule has 0 radical (unpaired) electrons. The molecular weight excluding hydrogens is 812 g/mol. The maximum absolute atomic E-state index is 12.7. The Morgan fingerprint density at radius 3 is 1.79 bits per heavy atom. The molecular formula is C49H85O12P. The van der Waals surface area contributed by atoms with Gasteiger partial charge in [-0.1, -0.05) is 190 Å². The predicted octanol–water partition coefficient (Wildman–Crippen LogP) is 10.6. The SMILES string of the molecule is CC/C=C\C[C@@H](O)/C=C/C=C\C/C=C\C=C\[C@@H](O)/C=C\CCCC(=O)OC[C@H](COP(=O)(O)OC[C@@H](O)CO)OC(=O)CCCCCCCCCCCCCCCCC(C)CC. The van der Waals surface area contributed by atoms with Crippen LogP contribution in [0.1, 0.15) is 168 Å². The fraction of sp³-hybridized carbons (Fsp3) is 0.714. The van der Waals surface area contributed by atoms with Crippen LogP contribution in [0.15, 0.2) is 72.9 Å². The number of allylic oxidation sites excluding steroid dienone is 8. The van der Waals surface area contributed by atoms with Crippen molar-refractivity contribution in [2.45, 2.75) is 193 Å². The van der Waals surface area contributed by atoms with Crippen molar-refractivity contribution in [3.8, 4) is 0 Å². The highest BCUT2D eigenvalue weighted by Crippen LogP contribution is 2.43. The van der Waals surface area contributed by atoms with E-state index in [1.807, 2.05) is 49.5 Å². The van der Waals surface area contributed by atoms with E-state index in [4.69, 9.17) is 19.1 Å². The Balaban J connectivity index is 4.49. The van der Waals surface area contributed by atoms with Gasteiger partial charge >= 0.3 is 19.8 Å². The van der Waals surface area contributed by atoms with E-state index >= 15 is 0 Å². The summed E-state index contributed by atoms with van der Waals surface area (Å²) in [6, 6.07) is 0. The van der Waals surface area contributed by atoms with E-state index in [1.165, 1.54) is 77.0 Å². The molecule has 0 aliphatic rings. The summed E-state index contributed by atoms with van der Waals surface area (Å²) in [5, 5.41) is 38.4. The van der Waals surface area contributed by atoms with E-state index in [0.717, 1.165) is 31.6 Å². The summed E-state index contributed by atoms with van der Waals surface area (Å²) < 4.78 is 32.6. The summed E-state index contributed by atoms with van der Waals surface area (Å²) in [4.78, 5) is 35.1. The number of carbonyl (C=O) groups excluding carboxylic acids is 2. The summed E-state index contributed by atoms with van der Waals surface area (Å²) in [5.41, 5.74) is 0. The van der Waals surface area contributed by atoms with Crippen LogP contribution in [0.2, 0.25) is 0 Å². The largest absolute Gasteiger partial charge is 0.472 e. The molecule has 0 spiro atoms. The third kappa shape index (κ3) is 41.3. The molecule has 5 N–H and O–H groups in total. The molecule has 358 valence electrons. The first-order valence-corrected chi connectivity index (χ1v) is 25.0. The molecule has 12 nitrogen and oxygen atoms in total. The number of hydrogen-bond acceptors (Lipinski definition) is 11. The number of rotatable bonds is 42. The molecule has 0 aliphatic carbocycles. The number of hydrogen-bond donors (Lipinski definition) is 5. The summed E-state index contributed by atoms with van der Waals surface area (Å²) in [6.07, 6.45) is 40.8. The van der Waals surface area contributed by atoms with Crippen LogP contribution >= 0.6 is 7.82 Å². The molecule has 0 aromatic heterocycles. The van der Waals surface area contributed by atoms with Crippen molar-refractivity contribution in [2.75, 3.05) is 26.4 Å².